The molecular weight excluding hydrogens is 364 g/mol. The van der Waals surface area contributed by atoms with Crippen LogP contribution >= 0.6 is 12.0 Å². The van der Waals surface area contributed by atoms with Gasteiger partial charge in [-0.3, -0.25) is 0 Å². The summed E-state index contributed by atoms with van der Waals surface area (Å²) in [4.78, 5) is 11.9. The third-order valence-electron chi connectivity index (χ3n) is 4.60. The molecular formula is C19H22N4O3S. The van der Waals surface area contributed by atoms with E-state index in [9.17, 15) is 0 Å². The lowest BCUT2D eigenvalue weighted by atomic mass is 10.0. The Labute approximate surface area is 162 Å². The highest BCUT2D eigenvalue weighted by Crippen LogP contribution is 2.33. The Bertz CT molecular complexity index is 893. The Morgan fingerprint density at radius 2 is 2.22 bits per heavy atom. The fraction of sp³-hybridized carbons (Fsp3) is 0.368. The number of nitrogens with zero attached hydrogens (tertiary/aromatic N) is 4. The number of imidazole rings is 1. The van der Waals surface area contributed by atoms with Crippen molar-refractivity contribution in [2.24, 2.45) is 5.16 Å². The van der Waals surface area contributed by atoms with E-state index in [0.717, 1.165) is 53.5 Å². The second-order valence-electron chi connectivity index (χ2n) is 6.41. The van der Waals surface area contributed by atoms with Crippen molar-refractivity contribution in [1.29, 1.82) is 0 Å². The molecule has 1 aromatic carbocycles. The molecule has 1 aromatic heterocycles. The van der Waals surface area contributed by atoms with Crippen molar-refractivity contribution in [3.63, 3.8) is 0 Å². The van der Waals surface area contributed by atoms with Gasteiger partial charge in [-0.1, -0.05) is 11.2 Å². The summed E-state index contributed by atoms with van der Waals surface area (Å²) in [5.41, 5.74) is 3.94. The number of rotatable bonds is 5. The number of fused-ring (bicyclic) bond motifs is 1. The highest BCUT2D eigenvalue weighted by Gasteiger charge is 2.35. The molecule has 0 aliphatic carbocycles. The first-order valence-corrected chi connectivity index (χ1v) is 9.60. The van der Waals surface area contributed by atoms with Gasteiger partial charge in [0.25, 0.3) is 5.56 Å². The molecule has 2 aliphatic heterocycles. The van der Waals surface area contributed by atoms with Gasteiger partial charge < -0.3 is 23.2 Å². The van der Waals surface area contributed by atoms with Crippen LogP contribution in [0.25, 0.3) is 11.8 Å². The van der Waals surface area contributed by atoms with Crippen LogP contribution in [0.3, 0.4) is 0 Å². The Hall–Kier alpha value is -2.45. The summed E-state index contributed by atoms with van der Waals surface area (Å²) < 4.78 is 12.7. The largest absolute Gasteiger partial charge is 0.495 e. The Kier molecular flexibility index (Phi) is 5.09. The molecule has 2 aliphatic rings. The quantitative estimate of drug-likeness (QED) is 0.732. The van der Waals surface area contributed by atoms with Crippen molar-refractivity contribution in [3.05, 3.63) is 47.6 Å². The van der Waals surface area contributed by atoms with Gasteiger partial charge in [-0.25, -0.2) is 4.98 Å². The zero-order valence-electron chi connectivity index (χ0n) is 15.6. The third-order valence-corrected chi connectivity index (χ3v) is 5.30. The molecule has 0 amide bonds. The van der Waals surface area contributed by atoms with E-state index in [1.165, 1.54) is 12.0 Å². The average molecular weight is 386 g/mol. The topological polar surface area (TPSA) is 61.1 Å². The first kappa shape index (κ1) is 17.9. The Morgan fingerprint density at radius 1 is 1.33 bits per heavy atom. The maximum Gasteiger partial charge on any atom is 0.273 e. The molecule has 0 radical (unpaired) electrons. The summed E-state index contributed by atoms with van der Waals surface area (Å²) in [6, 6.07) is 6.16. The minimum Gasteiger partial charge on any atom is -0.495 e. The van der Waals surface area contributed by atoms with E-state index in [1.54, 1.807) is 20.5 Å². The van der Waals surface area contributed by atoms with Crippen LogP contribution in [0.1, 0.15) is 24.1 Å². The standard InChI is InChI=1S/C19H22N4O3S/c1-13-11-22(12-20-13)16-7-6-14(10-17(16)24-2)9-15-5-4-8-23-18(15)21-26-19(23)27-25-3/h6-7,9-12,19H,4-5,8H2,1-3H3/b15-9+. The fourth-order valence-corrected chi connectivity index (χ4v) is 3.90. The van der Waals surface area contributed by atoms with Crippen LogP contribution in [0.4, 0.5) is 0 Å². The minimum atomic E-state index is -0.213. The molecule has 4 rings (SSSR count). The molecule has 1 fully saturated rings. The molecule has 8 heteroatoms. The summed E-state index contributed by atoms with van der Waals surface area (Å²) in [6.45, 7) is 2.88. The first-order chi connectivity index (χ1) is 13.2. The normalized spacial score (nSPS) is 20.4. The number of methoxy groups -OCH3 is 1. The van der Waals surface area contributed by atoms with Crippen LogP contribution in [0, 0.1) is 6.92 Å². The molecule has 0 N–H and O–H groups in total. The zero-order chi connectivity index (χ0) is 18.8. The minimum absolute atomic E-state index is 0.213. The van der Waals surface area contributed by atoms with E-state index >= 15 is 0 Å². The van der Waals surface area contributed by atoms with Crippen LogP contribution in [0.15, 0.2) is 41.5 Å². The monoisotopic (exact) mass is 386 g/mol. The van der Waals surface area contributed by atoms with Gasteiger partial charge in [-0.2, -0.15) is 0 Å². The van der Waals surface area contributed by atoms with E-state index in [1.807, 2.05) is 29.8 Å². The molecule has 1 saturated heterocycles. The zero-order valence-corrected chi connectivity index (χ0v) is 16.4. The van der Waals surface area contributed by atoms with E-state index in [0.29, 0.717) is 0 Å². The number of amidine groups is 1. The van der Waals surface area contributed by atoms with Crippen LogP contribution in [-0.4, -0.2) is 46.6 Å². The lowest BCUT2D eigenvalue weighted by molar-refractivity contribution is 0.0733. The summed E-state index contributed by atoms with van der Waals surface area (Å²) in [6.07, 6.45) is 7.95. The predicted molar refractivity (Wildman–Crippen MR) is 106 cm³/mol. The number of hydrogen-bond acceptors (Lipinski definition) is 7. The first-order valence-electron chi connectivity index (χ1n) is 8.79. The Balaban J connectivity index is 1.62. The molecule has 1 unspecified atom stereocenters. The molecule has 0 spiro atoms. The molecule has 1 atom stereocenters. The number of aryl methyl sites for hydroxylation is 1. The van der Waals surface area contributed by atoms with Crippen molar-refractivity contribution < 1.29 is 13.8 Å². The molecule has 2 aromatic rings. The van der Waals surface area contributed by atoms with E-state index in [4.69, 9.17) is 13.8 Å². The van der Waals surface area contributed by atoms with Crippen molar-refractivity contribution in [1.82, 2.24) is 14.5 Å². The maximum atomic E-state index is 5.61. The average Bonchev–Trinajstić information content (AvgIpc) is 3.29. The van der Waals surface area contributed by atoms with E-state index < -0.39 is 0 Å². The van der Waals surface area contributed by atoms with E-state index in [-0.39, 0.29) is 5.56 Å². The third kappa shape index (κ3) is 3.54. The molecule has 7 nitrogen and oxygen atoms in total. The smallest absolute Gasteiger partial charge is 0.273 e. The van der Waals surface area contributed by atoms with Crippen LogP contribution in [-0.2, 0) is 9.02 Å². The van der Waals surface area contributed by atoms with Crippen molar-refractivity contribution in [3.8, 4) is 11.4 Å². The van der Waals surface area contributed by atoms with Gasteiger partial charge in [0.2, 0.25) is 0 Å². The van der Waals surface area contributed by atoms with Crippen LogP contribution < -0.4 is 4.74 Å². The van der Waals surface area contributed by atoms with Crippen molar-refractivity contribution in [2.75, 3.05) is 20.8 Å². The SMILES string of the molecule is COSC1ON=C2/C(=C/c3ccc(-n4cnc(C)c4)c(OC)c3)CCCN21. The molecule has 0 saturated carbocycles. The molecule has 3 heterocycles. The number of hydrogen-bond donors (Lipinski definition) is 0. The van der Waals surface area contributed by atoms with Crippen LogP contribution in [0.2, 0.25) is 0 Å². The Morgan fingerprint density at radius 3 is 2.96 bits per heavy atom. The van der Waals surface area contributed by atoms with Gasteiger partial charge in [0.1, 0.15) is 5.75 Å². The molecule has 27 heavy (non-hydrogen) atoms. The summed E-state index contributed by atoms with van der Waals surface area (Å²) in [5, 5.41) is 4.28. The summed E-state index contributed by atoms with van der Waals surface area (Å²) >= 11 is 1.27. The number of ether oxygens (including phenoxy) is 1. The van der Waals surface area contributed by atoms with Gasteiger partial charge in [-0.15, -0.1) is 0 Å². The molecule has 0 bridgehead atoms. The highest BCUT2D eigenvalue weighted by molar-refractivity contribution is 7.95. The molecule has 142 valence electrons. The van der Waals surface area contributed by atoms with E-state index in [2.05, 4.69) is 27.2 Å². The fourth-order valence-electron chi connectivity index (χ4n) is 3.35. The van der Waals surface area contributed by atoms with Crippen molar-refractivity contribution in [2.45, 2.75) is 25.3 Å². The van der Waals surface area contributed by atoms with Gasteiger partial charge >= 0.3 is 0 Å². The summed E-state index contributed by atoms with van der Waals surface area (Å²) in [7, 11) is 3.33. The number of benzene rings is 1. The maximum absolute atomic E-state index is 5.61. The van der Waals surface area contributed by atoms with Gasteiger partial charge in [0, 0.05) is 12.7 Å². The number of piperidine rings is 1. The van der Waals surface area contributed by atoms with Crippen molar-refractivity contribution >= 4 is 24.0 Å². The highest BCUT2D eigenvalue weighted by atomic mass is 32.2. The van der Waals surface area contributed by atoms with Gasteiger partial charge in [0.05, 0.1) is 44.0 Å². The second-order valence-corrected chi connectivity index (χ2v) is 7.34. The van der Waals surface area contributed by atoms with Gasteiger partial charge in [0.15, 0.2) is 5.84 Å². The second kappa shape index (κ2) is 7.66. The summed E-state index contributed by atoms with van der Waals surface area (Å²) in [5.74, 6) is 1.69. The lowest BCUT2D eigenvalue weighted by Gasteiger charge is -2.28. The lowest BCUT2D eigenvalue weighted by Crippen LogP contribution is -2.38. The predicted octanol–water partition coefficient (Wildman–Crippen LogP) is 3.59. The van der Waals surface area contributed by atoms with Gasteiger partial charge in [-0.05, 0) is 49.1 Å². The van der Waals surface area contributed by atoms with Crippen LogP contribution in [0.5, 0.6) is 5.75 Å². The number of oxime groups is 1. The number of aromatic nitrogens is 2.